The van der Waals surface area contributed by atoms with Crippen LogP contribution in [0.5, 0.6) is 0 Å². The number of hydrogen-bond donors (Lipinski definition) is 1. The summed E-state index contributed by atoms with van der Waals surface area (Å²) in [5, 5.41) is 9.68. The molecule has 0 spiro atoms. The maximum atomic E-state index is 11.8. The highest BCUT2D eigenvalue weighted by Crippen LogP contribution is 2.33. The molecular formula is C14H18BrNO3. The lowest BCUT2D eigenvalue weighted by molar-refractivity contribution is -0.156. The van der Waals surface area contributed by atoms with Crippen molar-refractivity contribution in [1.82, 2.24) is 4.90 Å². The number of benzene rings is 1. The van der Waals surface area contributed by atoms with E-state index in [0.717, 1.165) is 4.47 Å². The smallest absolute Gasteiger partial charge is 0.334 e. The Hall–Kier alpha value is -1.36. The summed E-state index contributed by atoms with van der Waals surface area (Å²) in [6.07, 6.45) is 1.65. The molecule has 0 aliphatic heterocycles. The molecule has 1 rings (SSSR count). The second kappa shape index (κ2) is 6.70. The van der Waals surface area contributed by atoms with Gasteiger partial charge in [-0.15, -0.1) is 0 Å². The quantitative estimate of drug-likeness (QED) is 0.783. The summed E-state index contributed by atoms with van der Waals surface area (Å²) >= 11 is 3.34. The summed E-state index contributed by atoms with van der Waals surface area (Å²) in [6.45, 7) is 4.11. The highest BCUT2D eigenvalue weighted by molar-refractivity contribution is 9.10. The molecule has 0 radical (unpaired) electrons. The predicted molar refractivity (Wildman–Crippen MR) is 76.8 cm³/mol. The van der Waals surface area contributed by atoms with Crippen LogP contribution in [0.25, 0.3) is 0 Å². The number of hydrogen-bond acceptors (Lipinski definition) is 2. The Balaban J connectivity index is 3.41. The van der Waals surface area contributed by atoms with E-state index in [4.69, 9.17) is 0 Å². The number of carboxylic acids is 1. The molecule has 0 saturated heterocycles. The van der Waals surface area contributed by atoms with Crippen LogP contribution in [-0.4, -0.2) is 28.9 Å². The summed E-state index contributed by atoms with van der Waals surface area (Å²) in [4.78, 5) is 24.5. The van der Waals surface area contributed by atoms with Crippen molar-refractivity contribution in [3.8, 4) is 0 Å². The fourth-order valence-corrected chi connectivity index (χ4v) is 2.69. The van der Waals surface area contributed by atoms with Crippen molar-refractivity contribution in [3.05, 3.63) is 34.3 Å². The van der Waals surface area contributed by atoms with E-state index in [1.54, 1.807) is 25.1 Å². The molecule has 4 nitrogen and oxygen atoms in total. The van der Waals surface area contributed by atoms with E-state index in [2.05, 4.69) is 15.9 Å². The van der Waals surface area contributed by atoms with E-state index in [1.165, 1.54) is 4.90 Å². The van der Waals surface area contributed by atoms with Gasteiger partial charge in [-0.25, -0.2) is 4.79 Å². The molecule has 0 aliphatic rings. The molecule has 1 N–H and O–H groups in total. The third-order valence-corrected chi connectivity index (χ3v) is 3.74. The van der Waals surface area contributed by atoms with Crippen molar-refractivity contribution in [2.45, 2.75) is 32.2 Å². The van der Waals surface area contributed by atoms with Crippen LogP contribution in [0, 0.1) is 0 Å². The first-order valence-electron chi connectivity index (χ1n) is 6.24. The first-order chi connectivity index (χ1) is 9.02. The van der Waals surface area contributed by atoms with Gasteiger partial charge in [0.2, 0.25) is 6.41 Å². The molecule has 0 aliphatic carbocycles. The third-order valence-electron chi connectivity index (χ3n) is 3.25. The lowest BCUT2D eigenvalue weighted by Gasteiger charge is -2.38. The molecule has 0 bridgehead atoms. The van der Waals surface area contributed by atoms with Crippen molar-refractivity contribution in [1.29, 1.82) is 0 Å². The van der Waals surface area contributed by atoms with Gasteiger partial charge in [0.15, 0.2) is 5.54 Å². The average Bonchev–Trinajstić information content (AvgIpc) is 2.38. The third kappa shape index (κ3) is 2.97. The van der Waals surface area contributed by atoms with Gasteiger partial charge in [-0.1, -0.05) is 41.9 Å². The Morgan fingerprint density at radius 2 is 2.16 bits per heavy atom. The van der Waals surface area contributed by atoms with Gasteiger partial charge >= 0.3 is 5.97 Å². The predicted octanol–water partition coefficient (Wildman–Crippen LogP) is 3.01. The van der Waals surface area contributed by atoms with Crippen LogP contribution in [0.15, 0.2) is 28.7 Å². The van der Waals surface area contributed by atoms with Gasteiger partial charge in [0.05, 0.1) is 0 Å². The Morgan fingerprint density at radius 3 is 2.58 bits per heavy atom. The minimum atomic E-state index is -1.30. The molecule has 0 fully saturated rings. The number of halogens is 1. The Labute approximate surface area is 121 Å². The van der Waals surface area contributed by atoms with E-state index in [1.807, 2.05) is 13.0 Å². The Bertz CT molecular complexity index is 464. The zero-order chi connectivity index (χ0) is 14.5. The van der Waals surface area contributed by atoms with Crippen molar-refractivity contribution in [2.24, 2.45) is 0 Å². The maximum absolute atomic E-state index is 11.8. The monoisotopic (exact) mass is 327 g/mol. The molecule has 1 aromatic carbocycles. The van der Waals surface area contributed by atoms with Gasteiger partial charge in [-0.2, -0.15) is 0 Å². The lowest BCUT2D eigenvalue weighted by atomic mass is 9.85. The molecule has 0 heterocycles. The fourth-order valence-electron chi connectivity index (χ4n) is 2.29. The molecule has 1 aromatic rings. The van der Waals surface area contributed by atoms with Crippen molar-refractivity contribution in [2.75, 3.05) is 6.54 Å². The van der Waals surface area contributed by atoms with Crippen molar-refractivity contribution in [3.63, 3.8) is 0 Å². The second-order valence-corrected chi connectivity index (χ2v) is 5.24. The van der Waals surface area contributed by atoms with Crippen molar-refractivity contribution < 1.29 is 14.7 Å². The number of carbonyl (C=O) groups excluding carboxylic acids is 1. The first-order valence-corrected chi connectivity index (χ1v) is 7.03. The summed E-state index contributed by atoms with van der Waals surface area (Å²) < 4.78 is 0.798. The number of rotatable bonds is 7. The molecule has 19 heavy (non-hydrogen) atoms. The molecule has 0 saturated carbocycles. The van der Waals surface area contributed by atoms with E-state index >= 15 is 0 Å². The molecule has 1 amide bonds. The van der Waals surface area contributed by atoms with Gasteiger partial charge in [0.1, 0.15) is 0 Å². The van der Waals surface area contributed by atoms with Crippen LogP contribution in [0.4, 0.5) is 0 Å². The molecule has 1 atom stereocenters. The number of nitrogens with zero attached hydrogens (tertiary/aromatic N) is 1. The zero-order valence-corrected chi connectivity index (χ0v) is 12.7. The van der Waals surface area contributed by atoms with Crippen LogP contribution in [0.3, 0.4) is 0 Å². The lowest BCUT2D eigenvalue weighted by Crippen LogP contribution is -2.51. The molecule has 5 heteroatoms. The Kier molecular flexibility index (Phi) is 5.54. The SMILES string of the molecule is CCCN(C=O)C(CC)(C(=O)O)c1cccc(Br)c1. The first kappa shape index (κ1) is 15.7. The van der Waals surface area contributed by atoms with Crippen LogP contribution >= 0.6 is 15.9 Å². The van der Waals surface area contributed by atoms with E-state index in [0.29, 0.717) is 31.4 Å². The fraction of sp³-hybridized carbons (Fsp3) is 0.429. The summed E-state index contributed by atoms with van der Waals surface area (Å²) in [7, 11) is 0. The summed E-state index contributed by atoms with van der Waals surface area (Å²) in [5.41, 5.74) is -0.695. The van der Waals surface area contributed by atoms with E-state index in [9.17, 15) is 14.7 Å². The van der Waals surface area contributed by atoms with Crippen LogP contribution in [-0.2, 0) is 15.1 Å². The largest absolute Gasteiger partial charge is 0.479 e. The van der Waals surface area contributed by atoms with Crippen molar-refractivity contribution >= 4 is 28.3 Å². The van der Waals surface area contributed by atoms with Gasteiger partial charge in [0.25, 0.3) is 0 Å². The second-order valence-electron chi connectivity index (χ2n) is 4.33. The van der Waals surface area contributed by atoms with Gasteiger partial charge in [-0.3, -0.25) is 4.79 Å². The Morgan fingerprint density at radius 1 is 1.47 bits per heavy atom. The maximum Gasteiger partial charge on any atom is 0.334 e. The topological polar surface area (TPSA) is 57.6 Å². The summed E-state index contributed by atoms with van der Waals surface area (Å²) in [5.74, 6) is -1.01. The number of amides is 1. The minimum absolute atomic E-state index is 0.317. The van der Waals surface area contributed by atoms with Gasteiger partial charge in [0, 0.05) is 11.0 Å². The van der Waals surface area contributed by atoms with Crippen LogP contribution < -0.4 is 0 Å². The van der Waals surface area contributed by atoms with Crippen LogP contribution in [0.2, 0.25) is 0 Å². The molecule has 1 unspecified atom stereocenters. The number of carboxylic acid groups (broad SMARTS) is 1. The highest BCUT2D eigenvalue weighted by Gasteiger charge is 2.43. The van der Waals surface area contributed by atoms with Gasteiger partial charge < -0.3 is 10.0 Å². The number of aliphatic carboxylic acids is 1. The standard InChI is InChI=1S/C14H18BrNO3/c1-3-8-16(10-17)14(4-2,13(18)19)11-6-5-7-12(15)9-11/h5-7,9-10H,3-4,8H2,1-2H3,(H,18,19). The van der Waals surface area contributed by atoms with Crippen LogP contribution in [0.1, 0.15) is 32.3 Å². The minimum Gasteiger partial charge on any atom is -0.479 e. The molecule has 104 valence electrons. The number of carbonyl (C=O) groups is 2. The normalized spacial score (nSPS) is 13.6. The summed E-state index contributed by atoms with van der Waals surface area (Å²) in [6, 6.07) is 7.11. The molecule has 0 aromatic heterocycles. The van der Waals surface area contributed by atoms with E-state index in [-0.39, 0.29) is 0 Å². The average molecular weight is 328 g/mol. The zero-order valence-electron chi connectivity index (χ0n) is 11.1. The van der Waals surface area contributed by atoms with E-state index < -0.39 is 11.5 Å². The van der Waals surface area contributed by atoms with Gasteiger partial charge in [-0.05, 0) is 30.5 Å². The highest BCUT2D eigenvalue weighted by atomic mass is 79.9. The molecular weight excluding hydrogens is 310 g/mol.